The minimum Gasteiger partial charge on any atom is -0.352 e. The number of hydrogen-bond donors (Lipinski definition) is 1. The lowest BCUT2D eigenvalue weighted by Crippen LogP contribution is -2.40. The van der Waals surface area contributed by atoms with E-state index in [1.54, 1.807) is 19.3 Å². The molecule has 1 aliphatic heterocycles. The third-order valence-electron chi connectivity index (χ3n) is 4.19. The van der Waals surface area contributed by atoms with Gasteiger partial charge in [-0.3, -0.25) is 4.79 Å². The molecule has 0 unspecified atom stereocenters. The molecule has 3 rings (SSSR count). The number of anilines is 1. The molecule has 1 aromatic heterocycles. The van der Waals surface area contributed by atoms with Crippen molar-refractivity contribution in [2.24, 2.45) is 5.92 Å². The van der Waals surface area contributed by atoms with Crippen LogP contribution in [0.4, 0.5) is 9.52 Å². The summed E-state index contributed by atoms with van der Waals surface area (Å²) in [7, 11) is 0. The maximum absolute atomic E-state index is 13.5. The van der Waals surface area contributed by atoms with Crippen molar-refractivity contribution in [3.05, 3.63) is 41.5 Å². The molecule has 1 aliphatic rings. The number of carbonyl (C=O) groups excluding carboxylic acids is 1. The van der Waals surface area contributed by atoms with Gasteiger partial charge in [0.15, 0.2) is 0 Å². The highest BCUT2D eigenvalue weighted by atomic mass is 32.1. The number of amides is 1. The Bertz CT molecular complexity index is 669. The fraction of sp³-hybridized carbons (Fsp3) is 0.438. The number of halogens is 1. The summed E-state index contributed by atoms with van der Waals surface area (Å²) in [6.45, 7) is 3.72. The van der Waals surface area contributed by atoms with E-state index in [1.165, 1.54) is 17.6 Å². The number of carbonyl (C=O) groups is 1. The minimum absolute atomic E-state index is 0.00877. The van der Waals surface area contributed by atoms with E-state index in [-0.39, 0.29) is 17.6 Å². The van der Waals surface area contributed by atoms with Crippen LogP contribution in [0.15, 0.2) is 24.5 Å². The summed E-state index contributed by atoms with van der Waals surface area (Å²) in [5.41, 5.74) is 1.40. The maximum Gasteiger partial charge on any atom is 0.223 e. The third-order valence-corrected chi connectivity index (χ3v) is 4.92. The zero-order valence-corrected chi connectivity index (χ0v) is 13.8. The first-order valence-corrected chi connectivity index (χ1v) is 8.45. The predicted octanol–water partition coefficient (Wildman–Crippen LogP) is 2.52. The molecule has 1 fully saturated rings. The molecule has 1 amide bonds. The van der Waals surface area contributed by atoms with Crippen molar-refractivity contribution in [2.45, 2.75) is 26.3 Å². The highest BCUT2D eigenvalue weighted by molar-refractivity contribution is 7.09. The molecule has 7 heteroatoms. The second kappa shape index (κ2) is 7.04. The normalized spacial score (nSPS) is 15.7. The van der Waals surface area contributed by atoms with Gasteiger partial charge in [-0.25, -0.2) is 9.37 Å². The molecule has 1 saturated heterocycles. The third kappa shape index (κ3) is 3.85. The first kappa shape index (κ1) is 15.9. The molecule has 0 bridgehead atoms. The maximum atomic E-state index is 13.5. The molecule has 1 N–H and O–H groups in total. The van der Waals surface area contributed by atoms with Crippen LogP contribution in [0.3, 0.4) is 0 Å². The van der Waals surface area contributed by atoms with Gasteiger partial charge in [0.1, 0.15) is 12.1 Å². The molecule has 0 saturated carbocycles. The summed E-state index contributed by atoms with van der Waals surface area (Å²) in [6.07, 6.45) is 3.15. The molecule has 2 aromatic rings. The highest BCUT2D eigenvalue weighted by Crippen LogP contribution is 2.23. The number of piperidine rings is 1. The molecular formula is C16H19FN4OS. The number of nitrogens with zero attached hydrogens (tertiary/aromatic N) is 3. The van der Waals surface area contributed by atoms with Gasteiger partial charge >= 0.3 is 0 Å². The lowest BCUT2D eigenvalue weighted by atomic mass is 9.96. The van der Waals surface area contributed by atoms with Crippen LogP contribution in [0.5, 0.6) is 0 Å². The number of rotatable bonds is 4. The van der Waals surface area contributed by atoms with Crippen LogP contribution < -0.4 is 10.2 Å². The van der Waals surface area contributed by atoms with E-state index in [1.807, 2.05) is 6.07 Å². The summed E-state index contributed by atoms with van der Waals surface area (Å²) in [6, 6.07) is 5.06. The summed E-state index contributed by atoms with van der Waals surface area (Å²) >= 11 is 1.38. The van der Waals surface area contributed by atoms with E-state index in [9.17, 15) is 9.18 Å². The zero-order valence-electron chi connectivity index (χ0n) is 13.0. The van der Waals surface area contributed by atoms with E-state index in [2.05, 4.69) is 19.6 Å². The quantitative estimate of drug-likeness (QED) is 0.933. The molecule has 23 heavy (non-hydrogen) atoms. The Labute approximate surface area is 138 Å². The first-order chi connectivity index (χ1) is 11.1. The van der Waals surface area contributed by atoms with Crippen LogP contribution in [-0.4, -0.2) is 28.4 Å². The van der Waals surface area contributed by atoms with Gasteiger partial charge < -0.3 is 10.2 Å². The monoisotopic (exact) mass is 334 g/mol. The second-order valence-corrected chi connectivity index (χ2v) is 6.55. The van der Waals surface area contributed by atoms with Crippen molar-refractivity contribution in [2.75, 3.05) is 18.0 Å². The molecule has 0 spiro atoms. The standard InChI is InChI=1S/C16H19FN4OS/c1-11-2-3-12(8-14(11)17)9-18-15(22)13-4-6-21(7-5-13)16-19-10-20-23-16/h2-3,8,10,13H,4-7,9H2,1H3,(H,18,22). The largest absolute Gasteiger partial charge is 0.352 e. The molecule has 0 radical (unpaired) electrons. The van der Waals surface area contributed by atoms with Crippen molar-refractivity contribution in [3.8, 4) is 0 Å². The van der Waals surface area contributed by atoms with E-state index in [4.69, 9.17) is 0 Å². The van der Waals surface area contributed by atoms with E-state index in [0.29, 0.717) is 12.1 Å². The van der Waals surface area contributed by atoms with Crippen molar-refractivity contribution in [1.29, 1.82) is 0 Å². The molecule has 2 heterocycles. The fourth-order valence-corrected chi connectivity index (χ4v) is 3.30. The van der Waals surface area contributed by atoms with Crippen LogP contribution in [0, 0.1) is 18.7 Å². The van der Waals surface area contributed by atoms with Crippen molar-refractivity contribution < 1.29 is 9.18 Å². The van der Waals surface area contributed by atoms with E-state index >= 15 is 0 Å². The first-order valence-electron chi connectivity index (χ1n) is 7.68. The van der Waals surface area contributed by atoms with Crippen molar-refractivity contribution in [1.82, 2.24) is 14.7 Å². The molecule has 122 valence electrons. The lowest BCUT2D eigenvalue weighted by molar-refractivity contribution is -0.125. The SMILES string of the molecule is Cc1ccc(CNC(=O)C2CCN(c3ncns3)CC2)cc1F. The molecular weight excluding hydrogens is 315 g/mol. The number of aromatic nitrogens is 2. The summed E-state index contributed by atoms with van der Waals surface area (Å²) < 4.78 is 17.5. The van der Waals surface area contributed by atoms with Gasteiger partial charge in [0, 0.05) is 37.1 Å². The average molecular weight is 334 g/mol. The van der Waals surface area contributed by atoms with Crippen molar-refractivity contribution in [3.63, 3.8) is 0 Å². The Kier molecular flexibility index (Phi) is 4.85. The molecule has 0 atom stereocenters. The van der Waals surface area contributed by atoms with Gasteiger partial charge in [0.2, 0.25) is 11.0 Å². The van der Waals surface area contributed by atoms with Gasteiger partial charge in [-0.2, -0.15) is 4.37 Å². The molecule has 1 aromatic carbocycles. The number of hydrogen-bond acceptors (Lipinski definition) is 5. The summed E-state index contributed by atoms with van der Waals surface area (Å²) in [5.74, 6) is -0.181. The summed E-state index contributed by atoms with van der Waals surface area (Å²) in [5, 5.41) is 3.83. The Morgan fingerprint density at radius 2 is 2.22 bits per heavy atom. The van der Waals surface area contributed by atoms with Crippen LogP contribution >= 0.6 is 11.5 Å². The van der Waals surface area contributed by atoms with Crippen molar-refractivity contribution >= 4 is 22.6 Å². The van der Waals surface area contributed by atoms with Crippen LogP contribution in [-0.2, 0) is 11.3 Å². The Morgan fingerprint density at radius 3 is 2.87 bits per heavy atom. The minimum atomic E-state index is -0.234. The van der Waals surface area contributed by atoms with Gasteiger partial charge in [-0.1, -0.05) is 12.1 Å². The number of benzene rings is 1. The van der Waals surface area contributed by atoms with Gasteiger partial charge in [0.25, 0.3) is 0 Å². The number of nitrogens with one attached hydrogen (secondary N) is 1. The number of aryl methyl sites for hydroxylation is 1. The van der Waals surface area contributed by atoms with Gasteiger partial charge in [0.05, 0.1) is 0 Å². The van der Waals surface area contributed by atoms with E-state index in [0.717, 1.165) is 36.6 Å². The Morgan fingerprint density at radius 1 is 1.43 bits per heavy atom. The highest BCUT2D eigenvalue weighted by Gasteiger charge is 2.25. The topological polar surface area (TPSA) is 58.1 Å². The predicted molar refractivity (Wildman–Crippen MR) is 87.8 cm³/mol. The van der Waals surface area contributed by atoms with Crippen LogP contribution in [0.2, 0.25) is 0 Å². The van der Waals surface area contributed by atoms with Gasteiger partial charge in [-0.05, 0) is 37.0 Å². The van der Waals surface area contributed by atoms with Crippen LogP contribution in [0.25, 0.3) is 0 Å². The van der Waals surface area contributed by atoms with Crippen LogP contribution in [0.1, 0.15) is 24.0 Å². The zero-order chi connectivity index (χ0) is 16.2. The Balaban J connectivity index is 1.48. The Hall–Kier alpha value is -2.02. The smallest absolute Gasteiger partial charge is 0.223 e. The fourth-order valence-electron chi connectivity index (χ4n) is 2.72. The molecule has 5 nitrogen and oxygen atoms in total. The molecule has 0 aliphatic carbocycles. The lowest BCUT2D eigenvalue weighted by Gasteiger charge is -2.30. The van der Waals surface area contributed by atoms with E-state index < -0.39 is 0 Å². The second-order valence-electron chi connectivity index (χ2n) is 5.79. The average Bonchev–Trinajstić information content (AvgIpc) is 3.10. The van der Waals surface area contributed by atoms with Gasteiger partial charge in [-0.15, -0.1) is 0 Å². The summed E-state index contributed by atoms with van der Waals surface area (Å²) in [4.78, 5) is 18.6.